The van der Waals surface area contributed by atoms with Gasteiger partial charge < -0.3 is 9.84 Å². The van der Waals surface area contributed by atoms with Crippen LogP contribution in [-0.4, -0.2) is 22.8 Å². The summed E-state index contributed by atoms with van der Waals surface area (Å²) < 4.78 is 5.00. The number of ether oxygens (including phenoxy) is 1. The summed E-state index contributed by atoms with van der Waals surface area (Å²) in [6.45, 7) is 0. The van der Waals surface area contributed by atoms with Crippen molar-refractivity contribution in [2.75, 3.05) is 0 Å². The molecule has 3 heteroatoms. The van der Waals surface area contributed by atoms with Crippen molar-refractivity contribution in [3.05, 3.63) is 12.2 Å². The molecule has 1 fully saturated rings. The van der Waals surface area contributed by atoms with Gasteiger partial charge in [0.15, 0.2) is 0 Å². The lowest BCUT2D eigenvalue weighted by atomic mass is 9.81. The zero-order valence-electron chi connectivity index (χ0n) is 7.53. The van der Waals surface area contributed by atoms with E-state index < -0.39 is 11.7 Å². The molecule has 1 heterocycles. The van der Waals surface area contributed by atoms with Crippen LogP contribution in [0.4, 0.5) is 0 Å². The van der Waals surface area contributed by atoms with Gasteiger partial charge in [-0.2, -0.15) is 0 Å². The van der Waals surface area contributed by atoms with Crippen LogP contribution in [0, 0.1) is 0 Å². The van der Waals surface area contributed by atoms with E-state index >= 15 is 0 Å². The summed E-state index contributed by atoms with van der Waals surface area (Å²) in [5.41, 5.74) is -0.791. The van der Waals surface area contributed by atoms with E-state index in [1.165, 1.54) is 12.5 Å². The normalized spacial score (nSPS) is 31.8. The van der Waals surface area contributed by atoms with E-state index in [0.29, 0.717) is 0 Å². The molecular formula is C10H14O3. The van der Waals surface area contributed by atoms with Crippen molar-refractivity contribution in [1.82, 2.24) is 0 Å². The summed E-state index contributed by atoms with van der Waals surface area (Å²) in [7, 11) is 0. The minimum absolute atomic E-state index is 0.330. The number of rotatable bonds is 1. The molecule has 0 spiro atoms. The van der Waals surface area contributed by atoms with Gasteiger partial charge in [-0.1, -0.05) is 19.3 Å². The van der Waals surface area contributed by atoms with Crippen LogP contribution in [0.3, 0.4) is 0 Å². The number of hydrogen-bond donors (Lipinski definition) is 1. The quantitative estimate of drug-likeness (QED) is 0.619. The average molecular weight is 182 g/mol. The lowest BCUT2D eigenvalue weighted by Gasteiger charge is -2.35. The fourth-order valence-corrected chi connectivity index (χ4v) is 2.11. The van der Waals surface area contributed by atoms with Crippen LogP contribution < -0.4 is 0 Å². The Labute approximate surface area is 77.4 Å². The minimum atomic E-state index is -0.791. The van der Waals surface area contributed by atoms with Crippen molar-refractivity contribution in [2.24, 2.45) is 0 Å². The number of esters is 1. The maximum absolute atomic E-state index is 10.8. The summed E-state index contributed by atoms with van der Waals surface area (Å²) >= 11 is 0. The van der Waals surface area contributed by atoms with E-state index in [1.54, 1.807) is 6.08 Å². The molecule has 2 aliphatic rings. The second kappa shape index (κ2) is 3.14. The highest BCUT2D eigenvalue weighted by Gasteiger charge is 2.40. The summed E-state index contributed by atoms with van der Waals surface area (Å²) in [5, 5.41) is 10.2. The van der Waals surface area contributed by atoms with Gasteiger partial charge in [0, 0.05) is 6.08 Å². The largest absolute Gasteiger partial charge is 0.452 e. The monoisotopic (exact) mass is 182 g/mol. The first-order chi connectivity index (χ1) is 6.21. The van der Waals surface area contributed by atoms with Gasteiger partial charge in [-0.3, -0.25) is 0 Å². The molecule has 2 rings (SSSR count). The van der Waals surface area contributed by atoms with E-state index in [4.69, 9.17) is 4.74 Å². The topological polar surface area (TPSA) is 46.5 Å². The van der Waals surface area contributed by atoms with E-state index in [0.717, 1.165) is 25.7 Å². The molecule has 1 aliphatic heterocycles. The number of carbonyl (C=O) groups is 1. The molecule has 0 radical (unpaired) electrons. The highest BCUT2D eigenvalue weighted by Crippen LogP contribution is 2.34. The standard InChI is InChI=1S/C10H14O3/c11-9-5-4-8(13-9)10(12)6-2-1-3-7-10/h4-5,8,12H,1-3,6-7H2. The summed E-state index contributed by atoms with van der Waals surface area (Å²) in [5.74, 6) is -0.330. The van der Waals surface area contributed by atoms with Gasteiger partial charge in [-0.05, 0) is 18.9 Å². The van der Waals surface area contributed by atoms with Gasteiger partial charge in [0.2, 0.25) is 0 Å². The van der Waals surface area contributed by atoms with Crippen LogP contribution in [0.5, 0.6) is 0 Å². The molecular weight excluding hydrogens is 168 g/mol. The molecule has 0 bridgehead atoms. The fourth-order valence-electron chi connectivity index (χ4n) is 2.11. The van der Waals surface area contributed by atoms with Crippen LogP contribution in [0.2, 0.25) is 0 Å². The molecule has 0 amide bonds. The van der Waals surface area contributed by atoms with Gasteiger partial charge in [0.25, 0.3) is 0 Å². The van der Waals surface area contributed by atoms with Gasteiger partial charge in [-0.15, -0.1) is 0 Å². The SMILES string of the molecule is O=C1C=CC(C2(O)CCCCC2)O1. The molecule has 1 N–H and O–H groups in total. The molecule has 0 aromatic heterocycles. The molecule has 0 saturated heterocycles. The first-order valence-electron chi connectivity index (χ1n) is 4.82. The van der Waals surface area contributed by atoms with E-state index in [2.05, 4.69) is 0 Å². The maximum atomic E-state index is 10.8. The number of carbonyl (C=O) groups excluding carboxylic acids is 1. The molecule has 1 atom stereocenters. The van der Waals surface area contributed by atoms with Crippen molar-refractivity contribution >= 4 is 5.97 Å². The Morgan fingerprint density at radius 1 is 1.38 bits per heavy atom. The number of aliphatic hydroxyl groups is 1. The van der Waals surface area contributed by atoms with Gasteiger partial charge >= 0.3 is 5.97 Å². The predicted octanol–water partition coefficient (Wildman–Crippen LogP) is 1.16. The number of hydrogen-bond acceptors (Lipinski definition) is 3. The molecule has 1 saturated carbocycles. The van der Waals surface area contributed by atoms with E-state index in [9.17, 15) is 9.90 Å². The Bertz CT molecular complexity index is 239. The van der Waals surface area contributed by atoms with Crippen molar-refractivity contribution in [3.63, 3.8) is 0 Å². The Kier molecular flexibility index (Phi) is 2.12. The maximum Gasteiger partial charge on any atom is 0.331 e. The summed E-state index contributed by atoms with van der Waals surface area (Å²) in [4.78, 5) is 10.8. The third-order valence-corrected chi connectivity index (χ3v) is 2.90. The van der Waals surface area contributed by atoms with Crippen molar-refractivity contribution < 1.29 is 14.6 Å². The zero-order valence-corrected chi connectivity index (χ0v) is 7.53. The second-order valence-corrected chi connectivity index (χ2v) is 3.88. The first kappa shape index (κ1) is 8.75. The smallest absolute Gasteiger partial charge is 0.331 e. The molecule has 3 nitrogen and oxygen atoms in total. The van der Waals surface area contributed by atoms with E-state index in [-0.39, 0.29) is 5.97 Å². The Hall–Kier alpha value is -0.830. The molecule has 1 unspecified atom stereocenters. The zero-order chi connectivity index (χ0) is 9.31. The van der Waals surface area contributed by atoms with Gasteiger partial charge in [0.1, 0.15) is 11.7 Å². The molecule has 1 aliphatic carbocycles. The highest BCUT2D eigenvalue weighted by atomic mass is 16.6. The predicted molar refractivity (Wildman–Crippen MR) is 47.1 cm³/mol. The highest BCUT2D eigenvalue weighted by molar-refractivity contribution is 5.84. The van der Waals surface area contributed by atoms with Gasteiger partial charge in [0.05, 0.1) is 0 Å². The number of cyclic esters (lactones) is 1. The van der Waals surface area contributed by atoms with Crippen molar-refractivity contribution in [3.8, 4) is 0 Å². The molecule has 72 valence electrons. The lowest BCUT2D eigenvalue weighted by molar-refractivity contribution is -0.153. The molecule has 0 aromatic carbocycles. The molecule has 0 aromatic rings. The van der Waals surface area contributed by atoms with Crippen LogP contribution in [-0.2, 0) is 9.53 Å². The molecule has 13 heavy (non-hydrogen) atoms. The Morgan fingerprint density at radius 2 is 2.08 bits per heavy atom. The van der Waals surface area contributed by atoms with Crippen LogP contribution >= 0.6 is 0 Å². The summed E-state index contributed by atoms with van der Waals surface area (Å²) in [6.07, 6.45) is 7.39. The summed E-state index contributed by atoms with van der Waals surface area (Å²) in [6, 6.07) is 0. The first-order valence-corrected chi connectivity index (χ1v) is 4.82. The van der Waals surface area contributed by atoms with E-state index in [1.807, 2.05) is 0 Å². The fraction of sp³-hybridized carbons (Fsp3) is 0.700. The third kappa shape index (κ3) is 1.61. The Balaban J connectivity index is 2.05. The van der Waals surface area contributed by atoms with Crippen LogP contribution in [0.15, 0.2) is 12.2 Å². The van der Waals surface area contributed by atoms with Gasteiger partial charge in [-0.25, -0.2) is 4.79 Å². The van der Waals surface area contributed by atoms with Crippen molar-refractivity contribution in [2.45, 2.75) is 43.8 Å². The third-order valence-electron chi connectivity index (χ3n) is 2.90. The average Bonchev–Trinajstić information content (AvgIpc) is 2.54. The Morgan fingerprint density at radius 3 is 2.62 bits per heavy atom. The second-order valence-electron chi connectivity index (χ2n) is 3.88. The van der Waals surface area contributed by atoms with Crippen molar-refractivity contribution in [1.29, 1.82) is 0 Å². The minimum Gasteiger partial charge on any atom is -0.452 e. The van der Waals surface area contributed by atoms with Crippen LogP contribution in [0.25, 0.3) is 0 Å². The lowest BCUT2D eigenvalue weighted by Crippen LogP contribution is -2.43. The van der Waals surface area contributed by atoms with Crippen LogP contribution in [0.1, 0.15) is 32.1 Å².